The van der Waals surface area contributed by atoms with Crippen LogP contribution in [0, 0.1) is 0 Å². The van der Waals surface area contributed by atoms with Gasteiger partial charge in [-0.15, -0.1) is 11.8 Å². The summed E-state index contributed by atoms with van der Waals surface area (Å²) in [6.45, 7) is 12.6. The number of carbonyl (C=O) groups is 1. The molecule has 0 unspecified atom stereocenters. The molecule has 124 valence electrons. The Balaban J connectivity index is 2.86. The molecule has 0 radical (unpaired) electrons. The van der Waals surface area contributed by atoms with Crippen LogP contribution in [0.4, 0.5) is 0 Å². The molecule has 0 spiro atoms. The van der Waals surface area contributed by atoms with Gasteiger partial charge in [-0.1, -0.05) is 39.5 Å². The third kappa shape index (κ3) is 5.17. The van der Waals surface area contributed by atoms with Crippen LogP contribution in [0.2, 0.25) is 0 Å². The van der Waals surface area contributed by atoms with Crippen molar-refractivity contribution in [2.24, 2.45) is 0 Å². The van der Waals surface area contributed by atoms with E-state index in [0.717, 1.165) is 12.8 Å². The Hall–Kier alpha value is -0.220. The molecule has 3 nitrogen and oxygen atoms in total. The lowest BCUT2D eigenvalue weighted by molar-refractivity contribution is -0.150. The molecule has 0 aromatic carbocycles. The first-order valence-corrected chi connectivity index (χ1v) is 9.26. The molecule has 4 heteroatoms. The van der Waals surface area contributed by atoms with E-state index < -0.39 is 0 Å². The molecule has 1 heterocycles. The predicted molar refractivity (Wildman–Crippen MR) is 91.6 cm³/mol. The highest BCUT2D eigenvalue weighted by molar-refractivity contribution is 8.02. The SMILES string of the molecule is CCCCC1(CCCC)N[C@@H](C(=O)OC(C)C)C(C)(C)S1. The Bertz CT molecular complexity index is 334. The highest BCUT2D eigenvalue weighted by atomic mass is 32.2. The van der Waals surface area contributed by atoms with E-state index >= 15 is 0 Å². The lowest BCUT2D eigenvalue weighted by Crippen LogP contribution is -2.49. The van der Waals surface area contributed by atoms with Crippen LogP contribution in [0.15, 0.2) is 0 Å². The molecule has 0 aromatic rings. The van der Waals surface area contributed by atoms with Gasteiger partial charge in [0.25, 0.3) is 0 Å². The molecule has 1 rings (SSSR count). The Kier molecular flexibility index (Phi) is 7.05. The Morgan fingerprint density at radius 2 is 1.71 bits per heavy atom. The monoisotopic (exact) mass is 315 g/mol. The summed E-state index contributed by atoms with van der Waals surface area (Å²) in [5.74, 6) is -0.0997. The summed E-state index contributed by atoms with van der Waals surface area (Å²) < 4.78 is 5.34. The van der Waals surface area contributed by atoms with E-state index in [4.69, 9.17) is 4.74 Å². The quantitative estimate of drug-likeness (QED) is 0.669. The van der Waals surface area contributed by atoms with E-state index in [9.17, 15) is 4.79 Å². The fourth-order valence-corrected chi connectivity index (χ4v) is 4.92. The highest BCUT2D eigenvalue weighted by Crippen LogP contribution is 2.49. The van der Waals surface area contributed by atoms with Crippen LogP contribution in [0.25, 0.3) is 0 Å². The average Bonchev–Trinajstić information content (AvgIpc) is 2.65. The molecule has 0 amide bonds. The highest BCUT2D eigenvalue weighted by Gasteiger charge is 2.52. The number of nitrogens with one attached hydrogen (secondary N) is 1. The molecule has 0 bridgehead atoms. The molecule has 1 atom stereocenters. The van der Waals surface area contributed by atoms with Crippen molar-refractivity contribution in [1.82, 2.24) is 5.32 Å². The number of unbranched alkanes of at least 4 members (excludes halogenated alkanes) is 2. The summed E-state index contributed by atoms with van der Waals surface area (Å²) in [7, 11) is 0. The summed E-state index contributed by atoms with van der Waals surface area (Å²) in [6, 6.07) is -0.210. The van der Waals surface area contributed by atoms with Gasteiger partial charge in [-0.25, -0.2) is 0 Å². The van der Waals surface area contributed by atoms with Gasteiger partial charge in [0.05, 0.1) is 11.0 Å². The number of carbonyl (C=O) groups excluding carboxylic acids is 1. The normalized spacial score (nSPS) is 23.5. The lowest BCUT2D eigenvalue weighted by Gasteiger charge is -2.30. The third-order valence-corrected chi connectivity index (χ3v) is 5.70. The van der Waals surface area contributed by atoms with Crippen molar-refractivity contribution in [2.75, 3.05) is 0 Å². The van der Waals surface area contributed by atoms with Crippen LogP contribution in [0.3, 0.4) is 0 Å². The van der Waals surface area contributed by atoms with Crippen molar-refractivity contribution in [3.63, 3.8) is 0 Å². The average molecular weight is 316 g/mol. The number of rotatable bonds is 8. The number of ether oxygens (including phenoxy) is 1. The van der Waals surface area contributed by atoms with Crippen molar-refractivity contribution >= 4 is 17.7 Å². The molecule has 0 aromatic heterocycles. The smallest absolute Gasteiger partial charge is 0.324 e. The molecule has 0 aliphatic carbocycles. The van der Waals surface area contributed by atoms with Crippen molar-refractivity contribution in [1.29, 1.82) is 0 Å². The molecule has 1 fully saturated rings. The van der Waals surface area contributed by atoms with Gasteiger partial charge in [-0.2, -0.15) is 0 Å². The first-order valence-electron chi connectivity index (χ1n) is 8.44. The van der Waals surface area contributed by atoms with Gasteiger partial charge >= 0.3 is 5.97 Å². The zero-order valence-electron chi connectivity index (χ0n) is 14.6. The number of hydrogen-bond acceptors (Lipinski definition) is 4. The van der Waals surface area contributed by atoms with Gasteiger partial charge in [-0.3, -0.25) is 10.1 Å². The van der Waals surface area contributed by atoms with Gasteiger partial charge in [0.1, 0.15) is 6.04 Å². The minimum Gasteiger partial charge on any atom is -0.462 e. The summed E-state index contributed by atoms with van der Waals surface area (Å²) >= 11 is 1.95. The molecule has 0 saturated carbocycles. The number of hydrogen-bond donors (Lipinski definition) is 1. The van der Waals surface area contributed by atoms with Crippen molar-refractivity contribution in [3.05, 3.63) is 0 Å². The van der Waals surface area contributed by atoms with Crippen LogP contribution in [-0.4, -0.2) is 27.7 Å². The molecule has 1 N–H and O–H groups in total. The van der Waals surface area contributed by atoms with Crippen LogP contribution < -0.4 is 5.32 Å². The molecular weight excluding hydrogens is 282 g/mol. The third-order valence-electron chi connectivity index (χ3n) is 4.02. The van der Waals surface area contributed by atoms with Gasteiger partial charge in [0.2, 0.25) is 0 Å². The second-order valence-electron chi connectivity index (χ2n) is 6.97. The fraction of sp³-hybridized carbons (Fsp3) is 0.941. The molecule has 1 aliphatic heterocycles. The zero-order chi connectivity index (χ0) is 16.1. The van der Waals surface area contributed by atoms with Crippen LogP contribution in [-0.2, 0) is 9.53 Å². The second-order valence-corrected chi connectivity index (χ2v) is 9.01. The summed E-state index contributed by atoms with van der Waals surface area (Å²) in [6.07, 6.45) is 6.99. The fourth-order valence-electron chi connectivity index (χ4n) is 2.97. The number of esters is 1. The first kappa shape index (κ1) is 18.8. The van der Waals surface area contributed by atoms with Crippen molar-refractivity contribution in [3.8, 4) is 0 Å². The second kappa shape index (κ2) is 7.87. The lowest BCUT2D eigenvalue weighted by atomic mass is 9.98. The van der Waals surface area contributed by atoms with E-state index in [1.807, 2.05) is 25.6 Å². The maximum Gasteiger partial charge on any atom is 0.324 e. The summed E-state index contributed by atoms with van der Waals surface area (Å²) in [5.41, 5.74) is 0. The Labute approximate surface area is 135 Å². The van der Waals surface area contributed by atoms with Crippen molar-refractivity contribution in [2.45, 2.75) is 102 Å². The van der Waals surface area contributed by atoms with Crippen LogP contribution in [0.5, 0.6) is 0 Å². The molecule has 1 saturated heterocycles. The molecular formula is C17H33NO2S. The topological polar surface area (TPSA) is 38.3 Å². The van der Waals surface area contributed by atoms with E-state index in [1.54, 1.807) is 0 Å². The van der Waals surface area contributed by atoms with Crippen LogP contribution >= 0.6 is 11.8 Å². The largest absolute Gasteiger partial charge is 0.462 e. The standard InChI is InChI=1S/C17H33NO2S/c1-7-9-11-17(12-10-8-2)18-14(16(5,6)21-17)15(19)20-13(3)4/h13-14,18H,7-12H2,1-6H3/t14-/m0/s1. The van der Waals surface area contributed by atoms with E-state index in [1.165, 1.54) is 25.7 Å². The van der Waals surface area contributed by atoms with Gasteiger partial charge in [-0.05, 0) is 40.5 Å². The number of thioether (sulfide) groups is 1. The van der Waals surface area contributed by atoms with E-state index in [-0.39, 0.29) is 27.7 Å². The first-order chi connectivity index (χ1) is 9.76. The minimum atomic E-state index is -0.210. The Morgan fingerprint density at radius 3 is 2.14 bits per heavy atom. The van der Waals surface area contributed by atoms with Gasteiger partial charge in [0.15, 0.2) is 0 Å². The molecule has 21 heavy (non-hydrogen) atoms. The van der Waals surface area contributed by atoms with E-state index in [2.05, 4.69) is 33.0 Å². The summed E-state index contributed by atoms with van der Waals surface area (Å²) in [4.78, 5) is 12.4. The van der Waals surface area contributed by atoms with Gasteiger partial charge < -0.3 is 4.74 Å². The van der Waals surface area contributed by atoms with E-state index in [0.29, 0.717) is 0 Å². The summed E-state index contributed by atoms with van der Waals surface area (Å²) in [5, 5.41) is 3.66. The zero-order valence-corrected chi connectivity index (χ0v) is 15.4. The minimum absolute atomic E-state index is 0.0379. The van der Waals surface area contributed by atoms with Crippen molar-refractivity contribution < 1.29 is 9.53 Å². The van der Waals surface area contributed by atoms with Crippen LogP contribution in [0.1, 0.15) is 80.1 Å². The maximum absolute atomic E-state index is 12.4. The molecule has 1 aliphatic rings. The van der Waals surface area contributed by atoms with Gasteiger partial charge in [0, 0.05) is 4.75 Å². The Morgan fingerprint density at radius 1 is 1.19 bits per heavy atom. The predicted octanol–water partition coefficient (Wildman–Crippen LogP) is 4.50. The maximum atomic E-state index is 12.4.